The van der Waals surface area contributed by atoms with Gasteiger partial charge in [0.25, 0.3) is 0 Å². The lowest BCUT2D eigenvalue weighted by Crippen LogP contribution is -2.31. The fourth-order valence-electron chi connectivity index (χ4n) is 4.52. The highest BCUT2D eigenvalue weighted by Gasteiger charge is 2.34. The average Bonchev–Trinajstić information content (AvgIpc) is 3.51. The van der Waals surface area contributed by atoms with E-state index in [0.717, 1.165) is 31.1 Å². The maximum atomic E-state index is 13.6. The molecule has 0 radical (unpaired) electrons. The summed E-state index contributed by atoms with van der Waals surface area (Å²) in [5.41, 5.74) is -0.408. The Labute approximate surface area is 214 Å². The molecule has 12 heteroatoms. The van der Waals surface area contributed by atoms with Gasteiger partial charge in [0.2, 0.25) is 5.88 Å². The van der Waals surface area contributed by atoms with Gasteiger partial charge in [-0.25, -0.2) is 19.2 Å². The van der Waals surface area contributed by atoms with Crippen molar-refractivity contribution in [3.8, 4) is 11.6 Å². The van der Waals surface area contributed by atoms with Gasteiger partial charge in [-0.05, 0) is 61.9 Å². The first kappa shape index (κ1) is 25.6. The van der Waals surface area contributed by atoms with Crippen molar-refractivity contribution in [2.75, 3.05) is 18.5 Å². The van der Waals surface area contributed by atoms with Crippen molar-refractivity contribution in [2.24, 2.45) is 0 Å². The number of hydrogen-bond donors (Lipinski definition) is 2. The summed E-state index contributed by atoms with van der Waals surface area (Å²) in [4.78, 5) is 23.4. The van der Waals surface area contributed by atoms with Crippen LogP contribution in [0.4, 0.5) is 28.0 Å². The van der Waals surface area contributed by atoms with Gasteiger partial charge in [-0.15, -0.1) is 0 Å². The maximum absolute atomic E-state index is 13.6. The molecule has 1 fully saturated rings. The Bertz CT molecular complexity index is 1470. The maximum Gasteiger partial charge on any atom is 0.419 e. The zero-order valence-electron chi connectivity index (χ0n) is 20.0. The molecule has 0 spiro atoms. The van der Waals surface area contributed by atoms with Crippen molar-refractivity contribution in [3.63, 3.8) is 0 Å². The van der Waals surface area contributed by atoms with E-state index >= 15 is 0 Å². The number of halogens is 4. The van der Waals surface area contributed by atoms with Gasteiger partial charge >= 0.3 is 12.2 Å². The molecule has 38 heavy (non-hydrogen) atoms. The number of fused-ring (bicyclic) bond motifs is 1. The van der Waals surface area contributed by atoms with Crippen LogP contribution >= 0.6 is 0 Å². The van der Waals surface area contributed by atoms with Gasteiger partial charge in [0.05, 0.1) is 23.4 Å². The minimum absolute atomic E-state index is 0.102. The number of nitrogens with one attached hydrogen (secondary N) is 1. The van der Waals surface area contributed by atoms with E-state index in [1.807, 2.05) is 0 Å². The van der Waals surface area contributed by atoms with Crippen LogP contribution < -0.4 is 10.1 Å². The Morgan fingerprint density at radius 3 is 2.76 bits per heavy atom. The number of carbonyl (C=O) groups excluding carboxylic acids is 1. The summed E-state index contributed by atoms with van der Waals surface area (Å²) in [6.07, 6.45) is -0.0408. The predicted octanol–water partition coefficient (Wildman–Crippen LogP) is 5.42. The zero-order chi connectivity index (χ0) is 26.9. The topological polar surface area (TPSA) is 92.5 Å². The van der Waals surface area contributed by atoms with Gasteiger partial charge in [-0.2, -0.15) is 13.2 Å². The SMILES string of the molecule is O=C(Nc1ccc(F)c(C(F)(F)F)c1)n1ccc2cc(Oc3cc(CN4CCCC4CO)ncn3)ccc21. The highest BCUT2D eigenvalue weighted by molar-refractivity contribution is 5.98. The highest BCUT2D eigenvalue weighted by Crippen LogP contribution is 2.33. The van der Waals surface area contributed by atoms with E-state index in [2.05, 4.69) is 20.2 Å². The quantitative estimate of drug-likeness (QED) is 0.324. The van der Waals surface area contributed by atoms with Crippen LogP contribution in [0.15, 0.2) is 61.1 Å². The molecule has 1 aliphatic rings. The lowest BCUT2D eigenvalue weighted by molar-refractivity contribution is -0.139. The van der Waals surface area contributed by atoms with E-state index in [0.29, 0.717) is 41.2 Å². The number of carbonyl (C=O) groups is 1. The van der Waals surface area contributed by atoms with Crippen LogP contribution in [0.2, 0.25) is 0 Å². The molecule has 1 unspecified atom stereocenters. The van der Waals surface area contributed by atoms with Crippen molar-refractivity contribution in [3.05, 3.63) is 78.1 Å². The van der Waals surface area contributed by atoms with Crippen molar-refractivity contribution in [1.82, 2.24) is 19.4 Å². The first-order valence-corrected chi connectivity index (χ1v) is 11.8. The Kier molecular flexibility index (Phi) is 7.00. The Balaban J connectivity index is 1.30. The number of likely N-dealkylation sites (tertiary alicyclic amines) is 1. The molecule has 2 N–H and O–H groups in total. The minimum atomic E-state index is -4.89. The van der Waals surface area contributed by atoms with E-state index in [1.54, 1.807) is 30.3 Å². The molecule has 198 valence electrons. The van der Waals surface area contributed by atoms with Gasteiger partial charge in [0, 0.05) is 35.9 Å². The fraction of sp³-hybridized carbons (Fsp3) is 0.269. The number of aromatic nitrogens is 3. The van der Waals surface area contributed by atoms with Crippen molar-refractivity contribution >= 4 is 22.6 Å². The first-order valence-electron chi connectivity index (χ1n) is 11.8. The normalized spacial score (nSPS) is 16.2. The minimum Gasteiger partial charge on any atom is -0.439 e. The van der Waals surface area contributed by atoms with Crippen LogP contribution in [0.1, 0.15) is 24.1 Å². The number of ether oxygens (including phenoxy) is 1. The van der Waals surface area contributed by atoms with Crippen LogP contribution in [0.25, 0.3) is 10.9 Å². The van der Waals surface area contributed by atoms with Crippen LogP contribution in [-0.2, 0) is 12.7 Å². The van der Waals surface area contributed by atoms with Gasteiger partial charge in [0.15, 0.2) is 0 Å². The van der Waals surface area contributed by atoms with E-state index in [1.165, 1.54) is 17.1 Å². The molecule has 4 aromatic rings. The van der Waals surface area contributed by atoms with E-state index in [9.17, 15) is 27.5 Å². The summed E-state index contributed by atoms with van der Waals surface area (Å²) in [6, 6.07) is 10.0. The molecular weight excluding hydrogens is 506 g/mol. The third-order valence-corrected chi connectivity index (χ3v) is 6.40. The third kappa shape index (κ3) is 5.46. The molecule has 2 aromatic heterocycles. The second-order valence-corrected chi connectivity index (χ2v) is 8.93. The molecule has 1 saturated heterocycles. The Hall–Kier alpha value is -4.03. The van der Waals surface area contributed by atoms with Gasteiger partial charge in [-0.1, -0.05) is 0 Å². The predicted molar refractivity (Wildman–Crippen MR) is 130 cm³/mol. The molecule has 1 atom stereocenters. The highest BCUT2D eigenvalue weighted by atomic mass is 19.4. The number of nitrogens with zero attached hydrogens (tertiary/aromatic N) is 4. The average molecular weight is 529 g/mol. The van der Waals surface area contributed by atoms with Gasteiger partial charge in [0.1, 0.15) is 17.9 Å². The second kappa shape index (κ2) is 10.4. The number of rotatable bonds is 6. The molecule has 5 rings (SSSR count). The van der Waals surface area contributed by atoms with Crippen LogP contribution in [0.5, 0.6) is 11.6 Å². The van der Waals surface area contributed by atoms with Crippen LogP contribution in [0, 0.1) is 5.82 Å². The summed E-state index contributed by atoms with van der Waals surface area (Å²) >= 11 is 0. The number of benzene rings is 2. The molecule has 1 amide bonds. The van der Waals surface area contributed by atoms with E-state index < -0.39 is 23.6 Å². The number of amides is 1. The van der Waals surface area contributed by atoms with E-state index in [4.69, 9.17) is 4.74 Å². The second-order valence-electron chi connectivity index (χ2n) is 8.93. The molecule has 2 aromatic carbocycles. The molecule has 0 saturated carbocycles. The third-order valence-electron chi connectivity index (χ3n) is 6.40. The summed E-state index contributed by atoms with van der Waals surface area (Å²) in [6.45, 7) is 1.56. The molecule has 0 bridgehead atoms. The molecular formula is C26H23F4N5O3. The van der Waals surface area contributed by atoms with Crippen molar-refractivity contribution in [1.29, 1.82) is 0 Å². The number of alkyl halides is 3. The number of anilines is 1. The smallest absolute Gasteiger partial charge is 0.419 e. The molecule has 1 aliphatic heterocycles. The molecule has 3 heterocycles. The fourth-order valence-corrected chi connectivity index (χ4v) is 4.52. The van der Waals surface area contributed by atoms with Gasteiger partial charge < -0.3 is 15.2 Å². The zero-order valence-corrected chi connectivity index (χ0v) is 20.0. The van der Waals surface area contributed by atoms with E-state index in [-0.39, 0.29) is 18.3 Å². The monoisotopic (exact) mass is 529 g/mol. The van der Waals surface area contributed by atoms with Crippen LogP contribution in [-0.4, -0.2) is 49.8 Å². The number of aliphatic hydroxyl groups is 1. The lowest BCUT2D eigenvalue weighted by Gasteiger charge is -2.22. The van der Waals surface area contributed by atoms with Crippen molar-refractivity contribution in [2.45, 2.75) is 31.6 Å². The van der Waals surface area contributed by atoms with Crippen molar-refractivity contribution < 1.29 is 32.2 Å². The molecule has 0 aliphatic carbocycles. The number of hydrogen-bond acceptors (Lipinski definition) is 6. The van der Waals surface area contributed by atoms with Crippen LogP contribution in [0.3, 0.4) is 0 Å². The number of aliphatic hydroxyl groups excluding tert-OH is 1. The summed E-state index contributed by atoms with van der Waals surface area (Å²) < 4.78 is 59.7. The summed E-state index contributed by atoms with van der Waals surface area (Å²) in [5, 5.41) is 12.5. The summed E-state index contributed by atoms with van der Waals surface area (Å²) in [5.74, 6) is -0.623. The molecule has 8 nitrogen and oxygen atoms in total. The standard InChI is InChI=1S/C26H23F4N5O3/c27-22-5-3-17(11-21(22)26(28,29)30)33-25(37)35-9-7-16-10-20(4-6-23(16)35)38-24-12-18(31-15-32-24)13-34-8-1-2-19(34)14-36/h3-7,9-12,15,19,36H,1-2,8,13-14H2,(H,33,37). The lowest BCUT2D eigenvalue weighted by atomic mass is 10.2. The largest absolute Gasteiger partial charge is 0.439 e. The first-order chi connectivity index (χ1) is 18.2. The Morgan fingerprint density at radius 2 is 1.97 bits per heavy atom. The summed E-state index contributed by atoms with van der Waals surface area (Å²) in [7, 11) is 0. The van der Waals surface area contributed by atoms with Gasteiger partial charge in [-0.3, -0.25) is 9.47 Å². The Morgan fingerprint density at radius 1 is 1.13 bits per heavy atom.